The van der Waals surface area contributed by atoms with Crippen LogP contribution in [-0.4, -0.2) is 47.9 Å². The third kappa shape index (κ3) is 6.14. The number of ether oxygens (including phenoxy) is 3. The molecule has 0 atom stereocenters. The Kier molecular flexibility index (Phi) is 8.91. The van der Waals surface area contributed by atoms with Crippen LogP contribution in [0.25, 0.3) is 0 Å². The minimum atomic E-state index is -4.05. The molecule has 0 bridgehead atoms. The molecule has 0 aliphatic rings. The van der Waals surface area contributed by atoms with Gasteiger partial charge in [0.15, 0.2) is 11.5 Å². The highest BCUT2D eigenvalue weighted by Crippen LogP contribution is 2.28. The molecule has 1 N–H and O–H groups in total. The Morgan fingerprint density at radius 1 is 0.889 bits per heavy atom. The number of amides is 1. The first-order valence-electron chi connectivity index (χ1n) is 11.1. The van der Waals surface area contributed by atoms with E-state index in [1.54, 1.807) is 67.8 Å². The fourth-order valence-corrected chi connectivity index (χ4v) is 4.86. The molecule has 0 radical (unpaired) electrons. The molecule has 0 fully saturated rings. The van der Waals surface area contributed by atoms with Crippen molar-refractivity contribution < 1.29 is 27.4 Å². The minimum Gasteiger partial charge on any atom is -0.497 e. The van der Waals surface area contributed by atoms with Crippen LogP contribution < -0.4 is 23.9 Å². The number of methoxy groups -OCH3 is 3. The number of rotatable bonds is 11. The van der Waals surface area contributed by atoms with Gasteiger partial charge in [0, 0.05) is 5.56 Å². The van der Waals surface area contributed by atoms with Crippen LogP contribution in [0.3, 0.4) is 0 Å². The molecule has 3 rings (SSSR count). The maximum Gasteiger partial charge on any atom is 0.264 e. The predicted molar refractivity (Wildman–Crippen MR) is 138 cm³/mol. The number of para-hydroxylation sites is 1. The second-order valence-electron chi connectivity index (χ2n) is 7.54. The number of carbonyl (C=O) groups is 1. The summed E-state index contributed by atoms with van der Waals surface area (Å²) in [6, 6.07) is 19.7. The molecule has 3 aromatic carbocycles. The summed E-state index contributed by atoms with van der Waals surface area (Å²) >= 11 is 0. The SMILES string of the molecule is CC/C(=N/NC(=O)CN(c1ccccc1)S(=O)(=O)c1ccc(OC)cc1)c1ccc(OC)c(OC)c1. The van der Waals surface area contributed by atoms with Gasteiger partial charge in [0.1, 0.15) is 12.3 Å². The molecule has 0 spiro atoms. The van der Waals surface area contributed by atoms with Crippen LogP contribution in [0.5, 0.6) is 17.2 Å². The van der Waals surface area contributed by atoms with Gasteiger partial charge in [0.25, 0.3) is 15.9 Å². The molecular formula is C26H29N3O6S. The summed E-state index contributed by atoms with van der Waals surface area (Å²) in [6.45, 7) is 1.43. The Labute approximate surface area is 211 Å². The van der Waals surface area contributed by atoms with E-state index in [-0.39, 0.29) is 4.90 Å². The van der Waals surface area contributed by atoms with E-state index in [9.17, 15) is 13.2 Å². The van der Waals surface area contributed by atoms with Gasteiger partial charge >= 0.3 is 0 Å². The van der Waals surface area contributed by atoms with E-state index in [0.717, 1.165) is 9.87 Å². The Bertz CT molecular complexity index is 1310. The summed E-state index contributed by atoms with van der Waals surface area (Å²) < 4.78 is 43.7. The topological polar surface area (TPSA) is 107 Å². The van der Waals surface area contributed by atoms with Crippen LogP contribution in [0, 0.1) is 0 Å². The Balaban J connectivity index is 1.86. The van der Waals surface area contributed by atoms with Crippen LogP contribution in [-0.2, 0) is 14.8 Å². The number of nitrogens with one attached hydrogen (secondary N) is 1. The number of hydrazone groups is 1. The average Bonchev–Trinajstić information content (AvgIpc) is 2.92. The quantitative estimate of drug-likeness (QED) is 0.310. The van der Waals surface area contributed by atoms with E-state index < -0.39 is 22.5 Å². The van der Waals surface area contributed by atoms with Crippen LogP contribution in [0.15, 0.2) is 82.8 Å². The van der Waals surface area contributed by atoms with Gasteiger partial charge in [0.05, 0.1) is 37.6 Å². The smallest absolute Gasteiger partial charge is 0.264 e. The van der Waals surface area contributed by atoms with E-state index in [0.29, 0.717) is 35.1 Å². The molecule has 1 amide bonds. The maximum atomic E-state index is 13.5. The molecule has 3 aromatic rings. The number of carbonyl (C=O) groups excluding carboxylic acids is 1. The minimum absolute atomic E-state index is 0.0306. The monoisotopic (exact) mass is 511 g/mol. The van der Waals surface area contributed by atoms with Crippen molar-refractivity contribution in [2.75, 3.05) is 32.2 Å². The first-order valence-corrected chi connectivity index (χ1v) is 12.6. The summed E-state index contributed by atoms with van der Waals surface area (Å²) in [4.78, 5) is 12.9. The van der Waals surface area contributed by atoms with Gasteiger partial charge in [0.2, 0.25) is 0 Å². The van der Waals surface area contributed by atoms with Crippen molar-refractivity contribution in [2.24, 2.45) is 5.10 Å². The second kappa shape index (κ2) is 12.1. The van der Waals surface area contributed by atoms with E-state index in [1.807, 2.05) is 6.92 Å². The van der Waals surface area contributed by atoms with Crippen molar-refractivity contribution in [3.8, 4) is 17.2 Å². The van der Waals surface area contributed by atoms with Crippen molar-refractivity contribution in [1.82, 2.24) is 5.43 Å². The van der Waals surface area contributed by atoms with Gasteiger partial charge in [-0.2, -0.15) is 5.10 Å². The highest BCUT2D eigenvalue weighted by atomic mass is 32.2. The summed E-state index contributed by atoms with van der Waals surface area (Å²) in [5.74, 6) is 1.03. The molecule has 190 valence electrons. The number of hydrogen-bond acceptors (Lipinski definition) is 7. The largest absolute Gasteiger partial charge is 0.497 e. The lowest BCUT2D eigenvalue weighted by Gasteiger charge is -2.23. The van der Waals surface area contributed by atoms with Crippen LogP contribution in [0.4, 0.5) is 5.69 Å². The van der Waals surface area contributed by atoms with E-state index in [1.165, 1.54) is 26.4 Å². The van der Waals surface area contributed by atoms with Crippen LogP contribution in [0.2, 0.25) is 0 Å². The predicted octanol–water partition coefficient (Wildman–Crippen LogP) is 3.84. The summed E-state index contributed by atoms with van der Waals surface area (Å²) in [5, 5.41) is 4.25. The maximum absolute atomic E-state index is 13.5. The molecule has 9 nitrogen and oxygen atoms in total. The zero-order valence-electron chi connectivity index (χ0n) is 20.6. The Hall–Kier alpha value is -4.05. The van der Waals surface area contributed by atoms with Gasteiger partial charge in [-0.25, -0.2) is 13.8 Å². The van der Waals surface area contributed by atoms with E-state index in [2.05, 4.69) is 10.5 Å². The van der Waals surface area contributed by atoms with Crippen molar-refractivity contribution >= 4 is 27.3 Å². The Morgan fingerprint density at radius 3 is 2.14 bits per heavy atom. The third-order valence-electron chi connectivity index (χ3n) is 5.35. The van der Waals surface area contributed by atoms with Gasteiger partial charge in [-0.15, -0.1) is 0 Å². The first kappa shape index (κ1) is 26.6. The fourth-order valence-electron chi connectivity index (χ4n) is 3.44. The Morgan fingerprint density at radius 2 is 1.56 bits per heavy atom. The zero-order chi connectivity index (χ0) is 26.1. The molecule has 36 heavy (non-hydrogen) atoms. The standard InChI is InChI=1S/C26H29N3O6S/c1-5-23(19-11-16-24(34-3)25(17-19)35-4)27-28-26(30)18-29(20-9-7-6-8-10-20)36(31,32)22-14-12-21(33-2)13-15-22/h6-17H,5,18H2,1-4H3,(H,28,30)/b27-23-. The molecule has 0 aliphatic carbocycles. The number of nitrogens with zero attached hydrogens (tertiary/aromatic N) is 2. The van der Waals surface area contributed by atoms with E-state index in [4.69, 9.17) is 14.2 Å². The number of hydrogen-bond donors (Lipinski definition) is 1. The van der Waals surface area contributed by atoms with Crippen molar-refractivity contribution in [3.05, 3.63) is 78.4 Å². The van der Waals surface area contributed by atoms with Crippen molar-refractivity contribution in [1.29, 1.82) is 0 Å². The van der Waals surface area contributed by atoms with Gasteiger partial charge < -0.3 is 14.2 Å². The van der Waals surface area contributed by atoms with Crippen molar-refractivity contribution in [2.45, 2.75) is 18.2 Å². The molecule has 0 heterocycles. The van der Waals surface area contributed by atoms with Gasteiger partial charge in [-0.1, -0.05) is 25.1 Å². The summed E-state index contributed by atoms with van der Waals surface area (Å²) in [6.07, 6.45) is 0.516. The molecular weight excluding hydrogens is 482 g/mol. The zero-order valence-corrected chi connectivity index (χ0v) is 21.4. The van der Waals surface area contributed by atoms with Crippen LogP contribution in [0.1, 0.15) is 18.9 Å². The lowest BCUT2D eigenvalue weighted by molar-refractivity contribution is -0.119. The molecule has 0 saturated heterocycles. The molecule has 10 heteroatoms. The molecule has 0 saturated carbocycles. The van der Waals surface area contributed by atoms with Gasteiger partial charge in [-0.3, -0.25) is 9.10 Å². The normalized spacial score (nSPS) is 11.5. The highest BCUT2D eigenvalue weighted by molar-refractivity contribution is 7.92. The fraction of sp³-hybridized carbons (Fsp3) is 0.231. The summed E-state index contributed by atoms with van der Waals surface area (Å²) in [7, 11) is 0.530. The third-order valence-corrected chi connectivity index (χ3v) is 7.13. The molecule has 0 aromatic heterocycles. The second-order valence-corrected chi connectivity index (χ2v) is 9.40. The van der Waals surface area contributed by atoms with E-state index >= 15 is 0 Å². The van der Waals surface area contributed by atoms with Gasteiger partial charge in [-0.05, 0) is 61.0 Å². The number of sulfonamides is 1. The summed E-state index contributed by atoms with van der Waals surface area (Å²) in [5.41, 5.74) is 4.17. The lowest BCUT2D eigenvalue weighted by Crippen LogP contribution is -2.39. The molecule has 0 aliphatic heterocycles. The highest BCUT2D eigenvalue weighted by Gasteiger charge is 2.27. The number of anilines is 1. The average molecular weight is 512 g/mol. The molecule has 0 unspecified atom stereocenters. The lowest BCUT2D eigenvalue weighted by atomic mass is 10.1. The first-order chi connectivity index (χ1) is 17.3. The number of benzene rings is 3. The van der Waals surface area contributed by atoms with Crippen LogP contribution >= 0.6 is 0 Å². The van der Waals surface area contributed by atoms with Crippen molar-refractivity contribution in [3.63, 3.8) is 0 Å².